The summed E-state index contributed by atoms with van der Waals surface area (Å²) in [6.45, 7) is 6.09. The summed E-state index contributed by atoms with van der Waals surface area (Å²) in [5.41, 5.74) is 2.76. The van der Waals surface area contributed by atoms with E-state index in [9.17, 15) is 10.5 Å². The summed E-state index contributed by atoms with van der Waals surface area (Å²) in [6, 6.07) is 11.5. The van der Waals surface area contributed by atoms with Crippen LogP contribution in [0, 0.1) is 22.7 Å². The Morgan fingerprint density at radius 1 is 1.23 bits per heavy atom. The molecule has 2 rings (SSSR count). The highest BCUT2D eigenvalue weighted by molar-refractivity contribution is 7.99. The Hall–Kier alpha value is -3.52. The maximum absolute atomic E-state index is 9.92. The number of anilines is 1. The Balaban J connectivity index is 2.49. The van der Waals surface area contributed by atoms with Crippen LogP contribution < -0.4 is 10.1 Å². The molecular weight excluding hydrogens is 408 g/mol. The molecule has 0 bridgehead atoms. The van der Waals surface area contributed by atoms with Gasteiger partial charge in [0.25, 0.3) is 0 Å². The van der Waals surface area contributed by atoms with E-state index in [0.717, 1.165) is 5.57 Å². The Labute approximate surface area is 187 Å². The Bertz CT molecular complexity index is 1060. The molecule has 0 saturated heterocycles. The van der Waals surface area contributed by atoms with Gasteiger partial charge in [-0.2, -0.15) is 10.5 Å². The number of pyridine rings is 1. The summed E-state index contributed by atoms with van der Waals surface area (Å²) >= 11 is 1.40. The molecule has 0 fully saturated rings. The molecule has 0 spiro atoms. The zero-order valence-corrected chi connectivity index (χ0v) is 18.4. The first-order valence-electron chi connectivity index (χ1n) is 9.59. The topological polar surface area (TPSA) is 102 Å². The van der Waals surface area contributed by atoms with Gasteiger partial charge in [0.1, 0.15) is 40.9 Å². The Morgan fingerprint density at radius 2 is 1.94 bits per heavy atom. The van der Waals surface area contributed by atoms with E-state index in [1.54, 1.807) is 31.3 Å². The van der Waals surface area contributed by atoms with Crippen LogP contribution in [0.1, 0.15) is 18.1 Å². The second kappa shape index (κ2) is 12.2. The summed E-state index contributed by atoms with van der Waals surface area (Å²) in [5, 5.41) is 32.1. The number of allylic oxidation sites excluding steroid dienone is 4. The second-order valence-electron chi connectivity index (χ2n) is 6.29. The quantitative estimate of drug-likeness (QED) is 0.415. The van der Waals surface area contributed by atoms with Crippen molar-refractivity contribution >= 4 is 17.6 Å². The van der Waals surface area contributed by atoms with Crippen molar-refractivity contribution in [3.05, 3.63) is 71.8 Å². The molecule has 0 aliphatic carbocycles. The number of nitrogens with one attached hydrogen (secondary N) is 1. The van der Waals surface area contributed by atoms with Crippen LogP contribution in [0.15, 0.2) is 65.7 Å². The molecule has 0 radical (unpaired) electrons. The van der Waals surface area contributed by atoms with Gasteiger partial charge >= 0.3 is 0 Å². The first kappa shape index (κ1) is 23.8. The number of aliphatic hydroxyl groups excluding tert-OH is 1. The normalized spacial score (nSPS) is 10.7. The lowest BCUT2D eigenvalue weighted by Crippen LogP contribution is -2.04. The molecule has 31 heavy (non-hydrogen) atoms. The third-order valence-corrected chi connectivity index (χ3v) is 5.24. The van der Waals surface area contributed by atoms with Gasteiger partial charge in [-0.3, -0.25) is 0 Å². The van der Waals surface area contributed by atoms with Crippen molar-refractivity contribution in [2.24, 2.45) is 0 Å². The van der Waals surface area contributed by atoms with Crippen molar-refractivity contribution in [2.45, 2.75) is 11.9 Å². The van der Waals surface area contributed by atoms with Crippen molar-refractivity contribution in [1.82, 2.24) is 4.98 Å². The SMILES string of the molecule is C=C(/C=C\C=C/C)CSc1nc(NC)c(C#N)c(-c2ccc(OCCO)cc2)c1C#N. The molecular formula is C24H24N4O2S. The number of nitriles is 2. The van der Waals surface area contributed by atoms with Crippen LogP contribution >= 0.6 is 11.8 Å². The summed E-state index contributed by atoms with van der Waals surface area (Å²) < 4.78 is 5.40. The second-order valence-corrected chi connectivity index (χ2v) is 7.26. The first-order chi connectivity index (χ1) is 15.1. The van der Waals surface area contributed by atoms with E-state index in [1.165, 1.54) is 11.8 Å². The number of aromatic nitrogens is 1. The molecule has 0 atom stereocenters. The van der Waals surface area contributed by atoms with Gasteiger partial charge < -0.3 is 15.2 Å². The Kier molecular flexibility index (Phi) is 9.38. The molecule has 0 aliphatic heterocycles. The third-order valence-electron chi connectivity index (χ3n) is 4.16. The zero-order valence-electron chi connectivity index (χ0n) is 17.6. The van der Waals surface area contributed by atoms with Crippen LogP contribution in [-0.2, 0) is 0 Å². The zero-order chi connectivity index (χ0) is 22.6. The van der Waals surface area contributed by atoms with Crippen LogP contribution in [0.5, 0.6) is 5.75 Å². The molecule has 1 aromatic heterocycles. The van der Waals surface area contributed by atoms with E-state index in [4.69, 9.17) is 9.84 Å². The maximum atomic E-state index is 9.92. The third kappa shape index (κ3) is 6.23. The van der Waals surface area contributed by atoms with Crippen molar-refractivity contribution in [2.75, 3.05) is 31.3 Å². The highest BCUT2D eigenvalue weighted by atomic mass is 32.2. The molecule has 7 heteroatoms. The van der Waals surface area contributed by atoms with Crippen molar-refractivity contribution in [3.63, 3.8) is 0 Å². The van der Waals surface area contributed by atoms with E-state index in [2.05, 4.69) is 29.0 Å². The largest absolute Gasteiger partial charge is 0.491 e. The summed E-state index contributed by atoms with van der Waals surface area (Å²) in [6.07, 6.45) is 7.67. The van der Waals surface area contributed by atoms with Crippen LogP contribution in [0.25, 0.3) is 11.1 Å². The fourth-order valence-corrected chi connectivity index (χ4v) is 3.61. The maximum Gasteiger partial charge on any atom is 0.145 e. The highest BCUT2D eigenvalue weighted by Crippen LogP contribution is 2.37. The minimum absolute atomic E-state index is 0.0788. The minimum Gasteiger partial charge on any atom is -0.491 e. The van der Waals surface area contributed by atoms with Crippen molar-refractivity contribution < 1.29 is 9.84 Å². The summed E-state index contributed by atoms with van der Waals surface area (Å²) in [4.78, 5) is 4.52. The monoisotopic (exact) mass is 432 g/mol. The molecule has 1 heterocycles. The number of nitrogens with zero attached hydrogens (tertiary/aromatic N) is 3. The average Bonchev–Trinajstić information content (AvgIpc) is 2.80. The predicted octanol–water partition coefficient (Wildman–Crippen LogP) is 4.69. The molecule has 0 unspecified atom stereocenters. The predicted molar refractivity (Wildman–Crippen MR) is 125 cm³/mol. The highest BCUT2D eigenvalue weighted by Gasteiger charge is 2.21. The summed E-state index contributed by atoms with van der Waals surface area (Å²) in [5.74, 6) is 1.56. The van der Waals surface area contributed by atoms with E-state index < -0.39 is 0 Å². The van der Waals surface area contributed by atoms with Crippen LogP contribution in [0.3, 0.4) is 0 Å². The lowest BCUT2D eigenvalue weighted by molar-refractivity contribution is 0.201. The number of ether oxygens (including phenoxy) is 1. The molecule has 6 nitrogen and oxygen atoms in total. The summed E-state index contributed by atoms with van der Waals surface area (Å²) in [7, 11) is 1.69. The number of aliphatic hydroxyl groups is 1. The van der Waals surface area contributed by atoms with Gasteiger partial charge in [0.05, 0.1) is 12.2 Å². The number of rotatable bonds is 10. The van der Waals surface area contributed by atoms with Crippen LogP contribution in [0.2, 0.25) is 0 Å². The number of hydrogen-bond donors (Lipinski definition) is 2. The van der Waals surface area contributed by atoms with Crippen LogP contribution in [0.4, 0.5) is 5.82 Å². The van der Waals surface area contributed by atoms with Gasteiger partial charge in [-0.1, -0.05) is 43.0 Å². The van der Waals surface area contributed by atoms with Crippen molar-refractivity contribution in [3.8, 4) is 29.0 Å². The lowest BCUT2D eigenvalue weighted by Gasteiger charge is -2.15. The molecule has 1 aromatic carbocycles. The van der Waals surface area contributed by atoms with Gasteiger partial charge in [0.15, 0.2) is 0 Å². The number of hydrogen-bond acceptors (Lipinski definition) is 7. The molecule has 0 amide bonds. The van der Waals surface area contributed by atoms with Gasteiger partial charge in [-0.05, 0) is 30.2 Å². The number of thioether (sulfide) groups is 1. The molecule has 158 valence electrons. The molecule has 2 N–H and O–H groups in total. The van der Waals surface area contributed by atoms with Gasteiger partial charge in [0, 0.05) is 18.4 Å². The number of benzene rings is 1. The lowest BCUT2D eigenvalue weighted by atomic mass is 9.96. The average molecular weight is 433 g/mol. The fraction of sp³-hybridized carbons (Fsp3) is 0.208. The van der Waals surface area contributed by atoms with Crippen LogP contribution in [-0.4, -0.2) is 36.1 Å². The van der Waals surface area contributed by atoms with Gasteiger partial charge in [0.2, 0.25) is 0 Å². The molecule has 2 aromatic rings. The van der Waals surface area contributed by atoms with E-state index in [1.807, 2.05) is 31.2 Å². The first-order valence-corrected chi connectivity index (χ1v) is 10.6. The van der Waals surface area contributed by atoms with Gasteiger partial charge in [-0.15, -0.1) is 11.8 Å². The molecule has 0 saturated carbocycles. The van der Waals surface area contributed by atoms with Gasteiger partial charge in [-0.25, -0.2) is 4.98 Å². The van der Waals surface area contributed by atoms with Crippen molar-refractivity contribution in [1.29, 1.82) is 10.5 Å². The van der Waals surface area contributed by atoms with E-state index in [0.29, 0.717) is 44.6 Å². The fourth-order valence-electron chi connectivity index (χ4n) is 2.74. The minimum atomic E-state index is -0.0788. The standard InChI is InChI=1S/C24H24N4O2S/c1-4-5-6-7-17(2)16-31-24-21(15-26)22(20(14-25)23(27-3)28-24)18-8-10-19(11-9-18)30-13-12-29/h4-11,29H,2,12-13,16H2,1,3H3,(H,27,28)/b5-4-,7-6-. The smallest absolute Gasteiger partial charge is 0.145 e. The van der Waals surface area contributed by atoms with E-state index in [-0.39, 0.29) is 13.2 Å². The Morgan fingerprint density at radius 3 is 2.52 bits per heavy atom. The van der Waals surface area contributed by atoms with E-state index >= 15 is 0 Å². The molecule has 0 aliphatic rings.